The zero-order valence-corrected chi connectivity index (χ0v) is 94.6. The summed E-state index contributed by atoms with van der Waals surface area (Å²) in [4.78, 5) is 0. The Morgan fingerprint density at radius 1 is 0.228 bits per heavy atom. The number of halogens is 24. The molecule has 0 N–H and O–H groups in total. The Hall–Kier alpha value is 0.670. The number of rotatable bonds is 64. The molecule has 136 heavy (non-hydrogen) atoms. The van der Waals surface area contributed by atoms with Gasteiger partial charge in [-0.1, -0.05) is 0 Å². The van der Waals surface area contributed by atoms with E-state index >= 15 is 35.1 Å². The zero-order chi connectivity index (χ0) is 102. The zero-order valence-electron chi connectivity index (χ0n) is 78.6. The van der Waals surface area contributed by atoms with Gasteiger partial charge in [-0.2, -0.15) is 87.8 Å². The van der Waals surface area contributed by atoms with E-state index in [1.165, 1.54) is 52.4 Å². The molecular weight excluding hydrogens is 2170 g/mol. The van der Waals surface area contributed by atoms with E-state index in [-0.39, 0.29) is 127 Å². The normalized spacial score (nSPS) is 30.0. The van der Waals surface area contributed by atoms with Gasteiger partial charge in [-0.3, -0.25) is 0 Å². The van der Waals surface area contributed by atoms with Gasteiger partial charge in [0.2, 0.25) is 0 Å². The van der Waals surface area contributed by atoms with Crippen LogP contribution in [-0.2, 0) is 123 Å². The van der Waals surface area contributed by atoms with Gasteiger partial charge in [-0.15, -0.1) is 0 Å². The van der Waals surface area contributed by atoms with Crippen molar-refractivity contribution in [3.05, 3.63) is 0 Å². The van der Waals surface area contributed by atoms with Gasteiger partial charge < -0.3 is 123 Å². The third-order valence-corrected chi connectivity index (χ3v) is 95.8. The lowest BCUT2D eigenvalue weighted by Crippen LogP contribution is -2.90. The summed E-state index contributed by atoms with van der Waals surface area (Å²) >= 11 is 0. The predicted octanol–water partition coefficient (Wildman–Crippen LogP) is 18.5. The van der Waals surface area contributed by atoms with Crippen LogP contribution in [0.1, 0.15) is 51.4 Å². The van der Waals surface area contributed by atoms with Crippen molar-refractivity contribution in [3.63, 3.8) is 0 Å². The highest BCUT2D eigenvalue weighted by molar-refractivity contribution is 7.13. The van der Waals surface area contributed by atoms with Crippen molar-refractivity contribution >= 4 is 137 Å². The number of alkyl halides is 24. The Kier molecular flexibility index (Phi) is 40.2. The third-order valence-electron chi connectivity index (χ3n) is 22.0. The van der Waals surface area contributed by atoms with Gasteiger partial charge in [0.05, 0.1) is 102 Å². The predicted molar refractivity (Wildman–Crippen MR) is 468 cm³/mol. The van der Waals surface area contributed by atoms with Crippen LogP contribution in [0.2, 0.25) is 176 Å². The molecule has 0 aliphatic carbocycles. The number of hydrogen-bond donors (Lipinski definition) is 0. The molecule has 0 amide bonds. The molecule has 8 bridgehead atoms. The summed E-state index contributed by atoms with van der Waals surface area (Å²) in [5, 5.41) is 0. The maximum atomic E-state index is 15.3. The summed E-state index contributed by atoms with van der Waals surface area (Å²) in [5.74, 6) is 0. The average Bonchev–Trinajstić information content (AvgIpc) is 1.13. The first kappa shape index (κ1) is 120. The molecule has 28 nitrogen and oxygen atoms in total. The van der Waals surface area contributed by atoms with Crippen molar-refractivity contribution in [2.45, 2.75) is 325 Å². The smallest absolute Gasteiger partial charge is 0.416 e. The van der Waals surface area contributed by atoms with Crippen molar-refractivity contribution < 1.29 is 228 Å². The fraction of sp³-hybridized carbons (Fsp3) is 1.00. The fourth-order valence-corrected chi connectivity index (χ4v) is 113. The van der Waals surface area contributed by atoms with E-state index in [1.54, 1.807) is 52.4 Å². The molecule has 10 saturated heterocycles. The molecule has 0 aromatic rings. The molecule has 0 aromatic heterocycles. The minimum absolute atomic E-state index is 0.0529. The molecule has 0 aromatic carbocycles. The van der Waals surface area contributed by atoms with Crippen LogP contribution in [0.4, 0.5) is 105 Å². The summed E-state index contributed by atoms with van der Waals surface area (Å²) in [6, 6.07) is -1.53. The highest BCUT2D eigenvalue weighted by Crippen LogP contribution is 2.59. The maximum absolute atomic E-state index is 15.3. The van der Waals surface area contributed by atoms with Gasteiger partial charge in [0, 0.05) is 26.4 Å². The first-order valence-electron chi connectivity index (χ1n) is 44.8. The monoisotopic (exact) mass is 2300 g/mol. The van der Waals surface area contributed by atoms with E-state index in [1.807, 2.05) is 0 Å². The van der Waals surface area contributed by atoms with Crippen LogP contribution in [0.25, 0.3) is 0 Å². The molecule has 16 atom stereocenters. The van der Waals surface area contributed by atoms with Gasteiger partial charge in [-0.25, -0.2) is 17.6 Å². The standard InChI is InChI=1S/C68H128F24O28Si16/c1-121(2,33-17-25-93-41-53-45-97-53)105-129-49-133(109-125(9,10)37-21-29-101-65(85,86)57(69)61(73,74)75)117-131(107-123(5,6)35-19-27-95-43-55-47-99-55)51-134(115-129,110-126(11,12)38-22-30-102-66(87,88)58(70)62(76,77)78)120-135(111-127(13,14)39-23-31-103-67(89,90)59(71)63(79,80)81)50-130(113-129,106-122(3,4)34-18-26-94-42-54-46-98-54)116-136(119-133,112-128(15,16)40-24-32-104-68(91,92)60(72)64(82,83)84)52-132(114-131,118-135)108-124(7,8)36-20-28-96-44-56-48-100-56/h53-60H,17-52H2,1-16H3. The average molecular weight is 2300 g/mol. The lowest BCUT2D eigenvalue weighted by atomic mass is 10.3. The minimum Gasteiger partial charge on any atom is -0.416 e. The van der Waals surface area contributed by atoms with Gasteiger partial charge in [0.25, 0.3) is 24.7 Å². The molecule has 10 heterocycles. The number of epoxide rings is 4. The molecule has 16 unspecified atom stereocenters. The fourth-order valence-electron chi connectivity index (χ4n) is 15.9. The molecule has 10 rings (SSSR count). The quantitative estimate of drug-likeness (QED) is 0.0237. The highest BCUT2D eigenvalue weighted by Gasteiger charge is 2.88. The van der Waals surface area contributed by atoms with Gasteiger partial charge in [0.15, 0.2) is 66.5 Å². The van der Waals surface area contributed by atoms with Gasteiger partial charge >= 0.3 is 120 Å². The van der Waals surface area contributed by atoms with E-state index in [4.69, 9.17) is 104 Å². The SMILES string of the molecule is C[Si](C)(CCCOCC1CO1)O[Si]12C[Si]3(O[Si](C)(C)CCCOC(F)(F)C(F)C(F)(F)F)O[Si]4(O[Si](C)(C)CCCOCC5CO5)C[Si](O[Si](C)(C)CCCOC(F)(F)C(F)C(F)(F)F)(O1)O[Si]1(O[Si](C)(C)CCCOC(F)(F)C(F)C(F)(F)F)C[Si](O[Si](C)(C)CCCOCC5CO5)(O2)O[Si](O[Si](C)(C)CCCOC(F)(F)C(F)C(F)(F)F)(C[Si](O[Si](C)(C)CCCOCC2CO2)(O4)O1)O3. The van der Waals surface area contributed by atoms with E-state index in [0.29, 0.717) is 26.4 Å². The van der Waals surface area contributed by atoms with Crippen LogP contribution in [0.3, 0.4) is 0 Å². The first-order chi connectivity index (χ1) is 61.9. The van der Waals surface area contributed by atoms with Crippen LogP contribution >= 0.6 is 0 Å². The topological polar surface area (TPSA) is 272 Å². The first-order valence-corrected chi connectivity index (χ1v) is 85.2. The Bertz CT molecular complexity index is 3290. The highest BCUT2D eigenvalue weighted by atomic mass is 28.6. The van der Waals surface area contributed by atoms with Crippen molar-refractivity contribution in [1.82, 2.24) is 0 Å². The van der Waals surface area contributed by atoms with Crippen LogP contribution in [0.5, 0.6) is 0 Å². The molecule has 10 aliphatic rings. The lowest BCUT2D eigenvalue weighted by molar-refractivity contribution is -0.336. The Morgan fingerprint density at radius 3 is 0.471 bits per heavy atom. The Labute approximate surface area is 791 Å². The van der Waals surface area contributed by atoms with Gasteiger partial charge in [0.1, 0.15) is 24.4 Å². The van der Waals surface area contributed by atoms with Crippen LogP contribution in [0, 0.1) is 0 Å². The molecule has 0 radical (unpaired) electrons. The van der Waals surface area contributed by atoms with Crippen LogP contribution in [-0.4, -0.2) is 341 Å². The summed E-state index contributed by atoms with van der Waals surface area (Å²) in [6.07, 6.45) is -68.6. The van der Waals surface area contributed by atoms with Crippen LogP contribution in [0.15, 0.2) is 0 Å². The van der Waals surface area contributed by atoms with E-state index in [2.05, 4.69) is 18.9 Å². The van der Waals surface area contributed by atoms with Crippen molar-refractivity contribution in [3.8, 4) is 0 Å². The van der Waals surface area contributed by atoms with Crippen LogP contribution < -0.4 is 0 Å². The summed E-state index contributed by atoms with van der Waals surface area (Å²) in [7, 11) is -79.0. The minimum atomic E-state index is -6.13. The van der Waals surface area contributed by atoms with Crippen molar-refractivity contribution in [2.75, 3.05) is 106 Å². The number of hydrogen-bond acceptors (Lipinski definition) is 28. The maximum Gasteiger partial charge on any atom is 0.480 e. The van der Waals surface area contributed by atoms with Gasteiger partial charge in [-0.05, 0) is 204 Å². The summed E-state index contributed by atoms with van der Waals surface area (Å²) in [6.45, 7) is 22.8. The lowest BCUT2D eigenvalue weighted by Gasteiger charge is -2.64. The Morgan fingerprint density at radius 2 is 0.353 bits per heavy atom. The largest absolute Gasteiger partial charge is 0.480 e. The van der Waals surface area contributed by atoms with Crippen molar-refractivity contribution in [2.24, 2.45) is 0 Å². The molecule has 10 fully saturated rings. The summed E-state index contributed by atoms with van der Waals surface area (Å²) in [5.41, 5.74) is -3.92. The van der Waals surface area contributed by atoms with E-state index in [9.17, 15) is 70.2 Å². The molecule has 10 aliphatic heterocycles. The summed E-state index contributed by atoms with van der Waals surface area (Å²) < 4.78 is 538. The number of ether oxygens (including phenoxy) is 12. The van der Waals surface area contributed by atoms with Crippen molar-refractivity contribution in [1.29, 1.82) is 0 Å². The molecule has 68 heteroatoms. The van der Waals surface area contributed by atoms with E-state index in [0.717, 1.165) is 0 Å². The Balaban J connectivity index is 1.39. The molecule has 0 spiro atoms. The second-order valence-electron chi connectivity index (χ2n) is 40.1. The second kappa shape index (κ2) is 45.5. The van der Waals surface area contributed by atoms with E-state index < -0.39 is 310 Å². The third kappa shape index (κ3) is 37.7. The molecular formula is C68H128F24O28Si16. The second-order valence-corrected chi connectivity index (χ2v) is 102. The molecule has 0 saturated carbocycles. The molecule has 800 valence electrons.